The van der Waals surface area contributed by atoms with Crippen LogP contribution in [0.1, 0.15) is 30.9 Å². The molecule has 1 aliphatic heterocycles. The number of piperidine rings is 1. The predicted molar refractivity (Wildman–Crippen MR) is 120 cm³/mol. The zero-order valence-corrected chi connectivity index (χ0v) is 18.8. The lowest BCUT2D eigenvalue weighted by atomic mass is 9.97. The Kier molecular flexibility index (Phi) is 11.9. The van der Waals surface area contributed by atoms with Crippen LogP contribution in [-0.2, 0) is 11.3 Å². The van der Waals surface area contributed by atoms with Gasteiger partial charge in [0.2, 0.25) is 0 Å². The number of aryl methyl sites for hydroxylation is 1. The average molecular weight is 474 g/mol. The van der Waals surface area contributed by atoms with Crippen molar-refractivity contribution in [3.05, 3.63) is 35.4 Å². The number of hydrogen-bond acceptors (Lipinski definition) is 3. The molecule has 26 heavy (non-hydrogen) atoms. The number of likely N-dealkylation sites (tertiary alicyclic amines) is 1. The van der Waals surface area contributed by atoms with Gasteiger partial charge >= 0.3 is 0 Å². The number of hydrogen-bond donors (Lipinski definition) is 2. The van der Waals surface area contributed by atoms with E-state index < -0.39 is 0 Å². The quantitative estimate of drug-likeness (QED) is 0.346. The first-order chi connectivity index (χ1) is 12.2. The lowest BCUT2D eigenvalue weighted by Gasteiger charge is -2.32. The molecule has 0 radical (unpaired) electrons. The largest absolute Gasteiger partial charge is 0.383 e. The minimum Gasteiger partial charge on any atom is -0.383 e. The van der Waals surface area contributed by atoms with Gasteiger partial charge in [0.05, 0.1) is 13.2 Å². The van der Waals surface area contributed by atoms with Gasteiger partial charge in [-0.3, -0.25) is 0 Å². The van der Waals surface area contributed by atoms with Crippen molar-refractivity contribution in [1.29, 1.82) is 0 Å². The molecule has 2 N–H and O–H groups in total. The molecular formula is C20H35IN4O. The van der Waals surface area contributed by atoms with Crippen LogP contribution in [0, 0.1) is 12.8 Å². The maximum atomic E-state index is 5.17. The predicted octanol–water partition coefficient (Wildman–Crippen LogP) is 3.03. The molecule has 1 fully saturated rings. The number of aliphatic imine (C=N–C) groups is 1. The summed E-state index contributed by atoms with van der Waals surface area (Å²) < 4.78 is 5.17. The molecule has 1 aliphatic rings. The van der Waals surface area contributed by atoms with Crippen LogP contribution in [0.3, 0.4) is 0 Å². The Hall–Kier alpha value is -0.860. The molecule has 0 aliphatic carbocycles. The molecule has 0 amide bonds. The van der Waals surface area contributed by atoms with E-state index in [1.807, 2.05) is 0 Å². The Morgan fingerprint density at radius 1 is 1.23 bits per heavy atom. The molecule has 148 valence electrons. The van der Waals surface area contributed by atoms with Gasteiger partial charge in [-0.25, -0.2) is 4.99 Å². The number of rotatable bonds is 8. The van der Waals surface area contributed by atoms with Gasteiger partial charge in [-0.15, -0.1) is 24.0 Å². The second-order valence-corrected chi connectivity index (χ2v) is 6.78. The maximum Gasteiger partial charge on any atom is 0.191 e. The third-order valence-corrected chi connectivity index (χ3v) is 4.89. The third kappa shape index (κ3) is 8.22. The summed E-state index contributed by atoms with van der Waals surface area (Å²) in [5, 5.41) is 6.89. The summed E-state index contributed by atoms with van der Waals surface area (Å²) in [6.07, 6.45) is 2.49. The molecule has 0 unspecified atom stereocenters. The Labute approximate surface area is 176 Å². The van der Waals surface area contributed by atoms with E-state index in [4.69, 9.17) is 9.73 Å². The molecule has 5 nitrogen and oxygen atoms in total. The number of methoxy groups -OCH3 is 1. The van der Waals surface area contributed by atoms with Gasteiger partial charge < -0.3 is 20.3 Å². The number of guanidine groups is 1. The second kappa shape index (κ2) is 13.3. The van der Waals surface area contributed by atoms with Gasteiger partial charge in [-0.1, -0.05) is 24.3 Å². The van der Waals surface area contributed by atoms with Crippen LogP contribution in [0.25, 0.3) is 0 Å². The fourth-order valence-corrected chi connectivity index (χ4v) is 3.17. The van der Waals surface area contributed by atoms with Crippen LogP contribution in [0.2, 0.25) is 0 Å². The molecule has 1 heterocycles. The summed E-state index contributed by atoms with van der Waals surface area (Å²) in [7, 11) is 1.77. The van der Waals surface area contributed by atoms with E-state index in [2.05, 4.69) is 53.6 Å². The molecule has 2 rings (SSSR count). The van der Waals surface area contributed by atoms with Crippen molar-refractivity contribution in [2.75, 3.05) is 46.4 Å². The van der Waals surface area contributed by atoms with Crippen molar-refractivity contribution < 1.29 is 4.74 Å². The smallest absolute Gasteiger partial charge is 0.191 e. The molecule has 6 heteroatoms. The summed E-state index contributed by atoms with van der Waals surface area (Å²) in [6, 6.07) is 8.45. The highest BCUT2D eigenvalue weighted by molar-refractivity contribution is 14.0. The maximum absolute atomic E-state index is 5.17. The van der Waals surface area contributed by atoms with E-state index in [0.29, 0.717) is 0 Å². The number of nitrogens with zero attached hydrogens (tertiary/aromatic N) is 2. The summed E-state index contributed by atoms with van der Waals surface area (Å²) in [5.74, 6) is 1.65. The highest BCUT2D eigenvalue weighted by Crippen LogP contribution is 2.16. The number of benzene rings is 1. The van der Waals surface area contributed by atoms with Gasteiger partial charge in [0.1, 0.15) is 0 Å². The molecule has 0 atom stereocenters. The number of ether oxygens (including phenoxy) is 1. The SMILES string of the molecule is CCNC(=NCc1ccccc1C)NCC1CCN(CCOC)CC1.I. The average Bonchev–Trinajstić information content (AvgIpc) is 2.64. The van der Waals surface area contributed by atoms with Gasteiger partial charge in [-0.2, -0.15) is 0 Å². The lowest BCUT2D eigenvalue weighted by molar-refractivity contribution is 0.121. The van der Waals surface area contributed by atoms with E-state index in [0.717, 1.165) is 44.7 Å². The summed E-state index contributed by atoms with van der Waals surface area (Å²) in [5.41, 5.74) is 2.58. The van der Waals surface area contributed by atoms with Crippen molar-refractivity contribution in [1.82, 2.24) is 15.5 Å². The molecular weight excluding hydrogens is 439 g/mol. The Bertz CT molecular complexity index is 530. The fourth-order valence-electron chi connectivity index (χ4n) is 3.17. The molecule has 0 saturated carbocycles. The molecule has 0 bridgehead atoms. The first-order valence-corrected chi connectivity index (χ1v) is 9.51. The number of halogens is 1. The van der Waals surface area contributed by atoms with Crippen LogP contribution < -0.4 is 10.6 Å². The monoisotopic (exact) mass is 474 g/mol. The second-order valence-electron chi connectivity index (χ2n) is 6.78. The summed E-state index contributed by atoms with van der Waals surface area (Å²) in [6.45, 7) is 11.1. The van der Waals surface area contributed by atoms with Crippen molar-refractivity contribution >= 4 is 29.9 Å². The molecule has 0 spiro atoms. The van der Waals surface area contributed by atoms with Gasteiger partial charge in [0.25, 0.3) is 0 Å². The normalized spacial score (nSPS) is 16.2. The van der Waals surface area contributed by atoms with Crippen molar-refractivity contribution in [3.8, 4) is 0 Å². The molecule has 1 aromatic rings. The zero-order valence-electron chi connectivity index (χ0n) is 16.5. The summed E-state index contributed by atoms with van der Waals surface area (Å²) in [4.78, 5) is 7.25. The molecule has 0 aromatic heterocycles. The Morgan fingerprint density at radius 3 is 2.62 bits per heavy atom. The van der Waals surface area contributed by atoms with E-state index in [9.17, 15) is 0 Å². The van der Waals surface area contributed by atoms with Crippen molar-refractivity contribution in [2.45, 2.75) is 33.2 Å². The minimum atomic E-state index is 0. The van der Waals surface area contributed by atoms with E-state index in [-0.39, 0.29) is 24.0 Å². The molecule has 1 aromatic carbocycles. The minimum absolute atomic E-state index is 0. The number of nitrogens with one attached hydrogen (secondary N) is 2. The zero-order chi connectivity index (χ0) is 17.9. The van der Waals surface area contributed by atoms with E-state index >= 15 is 0 Å². The van der Waals surface area contributed by atoms with Crippen LogP contribution >= 0.6 is 24.0 Å². The van der Waals surface area contributed by atoms with Crippen LogP contribution in [0.5, 0.6) is 0 Å². The molecule has 1 saturated heterocycles. The standard InChI is InChI=1S/C20H34N4O.HI/c1-4-21-20(23-16-19-8-6-5-7-17(19)2)22-15-18-9-11-24(12-10-18)13-14-25-3;/h5-8,18H,4,9-16H2,1-3H3,(H2,21,22,23);1H. The van der Waals surface area contributed by atoms with Crippen molar-refractivity contribution in [3.63, 3.8) is 0 Å². The summed E-state index contributed by atoms with van der Waals surface area (Å²) >= 11 is 0. The van der Waals surface area contributed by atoms with Gasteiger partial charge in [0, 0.05) is 26.7 Å². The van der Waals surface area contributed by atoms with Gasteiger partial charge in [-0.05, 0) is 56.8 Å². The van der Waals surface area contributed by atoms with E-state index in [1.165, 1.54) is 37.1 Å². The first-order valence-electron chi connectivity index (χ1n) is 9.51. The van der Waals surface area contributed by atoms with E-state index in [1.54, 1.807) is 7.11 Å². The topological polar surface area (TPSA) is 48.9 Å². The fraction of sp³-hybridized carbons (Fsp3) is 0.650. The van der Waals surface area contributed by atoms with Gasteiger partial charge in [0.15, 0.2) is 5.96 Å². The van der Waals surface area contributed by atoms with Crippen molar-refractivity contribution in [2.24, 2.45) is 10.9 Å². The highest BCUT2D eigenvalue weighted by Gasteiger charge is 2.18. The highest BCUT2D eigenvalue weighted by atomic mass is 127. The third-order valence-electron chi connectivity index (χ3n) is 4.89. The Balaban J connectivity index is 0.00000338. The van der Waals surface area contributed by atoms with Crippen LogP contribution in [0.4, 0.5) is 0 Å². The van der Waals surface area contributed by atoms with Crippen LogP contribution in [0.15, 0.2) is 29.3 Å². The van der Waals surface area contributed by atoms with Crippen LogP contribution in [-0.4, -0.2) is 57.3 Å². The first kappa shape index (κ1) is 23.2. The lowest BCUT2D eigenvalue weighted by Crippen LogP contribution is -2.43. The Morgan fingerprint density at radius 2 is 1.96 bits per heavy atom.